The van der Waals surface area contributed by atoms with E-state index in [-0.39, 0.29) is 0 Å². The van der Waals surface area contributed by atoms with Crippen molar-refractivity contribution < 1.29 is 4.74 Å². The van der Waals surface area contributed by atoms with Gasteiger partial charge in [-0.05, 0) is 30.2 Å². The Morgan fingerprint density at radius 3 is 2.54 bits per heavy atom. The molecule has 4 aromatic rings. The summed E-state index contributed by atoms with van der Waals surface area (Å²) in [7, 11) is 1.66. The summed E-state index contributed by atoms with van der Waals surface area (Å²) in [4.78, 5) is 13.3. The predicted octanol–water partition coefficient (Wildman–Crippen LogP) is 3.44. The standard InChI is InChI=1S/C20H19N5O/c1-13-5-3-4-6-16(13)19-24-17-18(21)22-12-23-20(17)25(19)11-14-7-9-15(26-2)10-8-14/h3-10,12H,11H2,1-2H3,(H2,21,22,23). The highest BCUT2D eigenvalue weighted by atomic mass is 16.5. The van der Waals surface area contributed by atoms with Gasteiger partial charge >= 0.3 is 0 Å². The highest BCUT2D eigenvalue weighted by Gasteiger charge is 2.17. The van der Waals surface area contributed by atoms with Crippen LogP contribution < -0.4 is 10.5 Å². The smallest absolute Gasteiger partial charge is 0.166 e. The maximum Gasteiger partial charge on any atom is 0.166 e. The third-order valence-electron chi connectivity index (χ3n) is 4.45. The van der Waals surface area contributed by atoms with Crippen LogP contribution in [0.1, 0.15) is 11.1 Å². The van der Waals surface area contributed by atoms with E-state index in [1.165, 1.54) is 6.33 Å². The fourth-order valence-electron chi connectivity index (χ4n) is 3.05. The molecule has 6 nitrogen and oxygen atoms in total. The molecule has 0 radical (unpaired) electrons. The van der Waals surface area contributed by atoms with Gasteiger partial charge in [-0.25, -0.2) is 15.0 Å². The first kappa shape index (κ1) is 16.1. The molecule has 6 heteroatoms. The number of benzene rings is 2. The number of imidazole rings is 1. The molecule has 0 saturated carbocycles. The highest BCUT2D eigenvalue weighted by Crippen LogP contribution is 2.29. The molecule has 0 unspecified atom stereocenters. The molecule has 2 aromatic heterocycles. The monoisotopic (exact) mass is 345 g/mol. The van der Waals surface area contributed by atoms with E-state index in [1.54, 1.807) is 7.11 Å². The van der Waals surface area contributed by atoms with Gasteiger partial charge in [0.05, 0.1) is 13.7 Å². The van der Waals surface area contributed by atoms with Crippen molar-refractivity contribution >= 4 is 17.0 Å². The molecular formula is C20H19N5O. The Hall–Kier alpha value is -3.41. The van der Waals surface area contributed by atoms with Gasteiger partial charge < -0.3 is 15.0 Å². The second-order valence-corrected chi connectivity index (χ2v) is 6.12. The van der Waals surface area contributed by atoms with E-state index < -0.39 is 0 Å². The highest BCUT2D eigenvalue weighted by molar-refractivity contribution is 5.85. The topological polar surface area (TPSA) is 78.9 Å². The minimum Gasteiger partial charge on any atom is -0.497 e. The van der Waals surface area contributed by atoms with Crippen LogP contribution in [-0.4, -0.2) is 26.6 Å². The molecule has 0 amide bonds. The molecule has 2 N–H and O–H groups in total. The van der Waals surface area contributed by atoms with E-state index in [1.807, 2.05) is 36.4 Å². The summed E-state index contributed by atoms with van der Waals surface area (Å²) in [5.41, 5.74) is 10.7. The van der Waals surface area contributed by atoms with E-state index in [9.17, 15) is 0 Å². The molecule has 0 saturated heterocycles. The minimum atomic E-state index is 0.387. The number of methoxy groups -OCH3 is 1. The lowest BCUT2D eigenvalue weighted by atomic mass is 10.1. The van der Waals surface area contributed by atoms with Crippen molar-refractivity contribution in [3.63, 3.8) is 0 Å². The summed E-state index contributed by atoms with van der Waals surface area (Å²) in [6.07, 6.45) is 1.48. The number of nitrogen functional groups attached to an aromatic ring is 1. The van der Waals surface area contributed by atoms with Gasteiger partial charge in [0.15, 0.2) is 17.0 Å². The maximum atomic E-state index is 6.04. The fraction of sp³-hybridized carbons (Fsp3) is 0.150. The molecule has 130 valence electrons. The van der Waals surface area contributed by atoms with Gasteiger partial charge in [0.1, 0.15) is 17.9 Å². The van der Waals surface area contributed by atoms with Crippen LogP contribution in [0.2, 0.25) is 0 Å². The zero-order valence-electron chi connectivity index (χ0n) is 14.7. The number of hydrogen-bond donors (Lipinski definition) is 1. The average Bonchev–Trinajstić information content (AvgIpc) is 3.02. The van der Waals surface area contributed by atoms with Gasteiger partial charge in [0, 0.05) is 5.56 Å². The number of hydrogen-bond acceptors (Lipinski definition) is 5. The van der Waals surface area contributed by atoms with Crippen LogP contribution in [0.5, 0.6) is 5.75 Å². The summed E-state index contributed by atoms with van der Waals surface area (Å²) >= 11 is 0. The van der Waals surface area contributed by atoms with Crippen LogP contribution in [0.4, 0.5) is 5.82 Å². The van der Waals surface area contributed by atoms with Crippen LogP contribution in [0.15, 0.2) is 54.9 Å². The van der Waals surface area contributed by atoms with Crippen LogP contribution in [-0.2, 0) is 6.54 Å². The van der Waals surface area contributed by atoms with Gasteiger partial charge in [0.2, 0.25) is 0 Å². The first-order valence-electron chi connectivity index (χ1n) is 8.33. The van der Waals surface area contributed by atoms with Gasteiger partial charge in [-0.2, -0.15) is 0 Å². The summed E-state index contributed by atoms with van der Waals surface area (Å²) in [5.74, 6) is 2.05. The molecule has 0 fully saturated rings. The molecule has 4 rings (SSSR count). The molecule has 0 bridgehead atoms. The number of nitrogens with two attached hydrogens (primary N) is 1. The number of nitrogens with zero attached hydrogens (tertiary/aromatic N) is 4. The third kappa shape index (κ3) is 2.75. The first-order valence-corrected chi connectivity index (χ1v) is 8.33. The quantitative estimate of drug-likeness (QED) is 0.613. The SMILES string of the molecule is COc1ccc(Cn2c(-c3ccccc3C)nc3c(N)ncnc32)cc1. The summed E-state index contributed by atoms with van der Waals surface area (Å²) in [6.45, 7) is 2.70. The average molecular weight is 345 g/mol. The lowest BCUT2D eigenvalue weighted by Crippen LogP contribution is -2.04. The molecule has 0 aliphatic carbocycles. The second kappa shape index (κ2) is 6.48. The van der Waals surface area contributed by atoms with Crippen molar-refractivity contribution in [1.29, 1.82) is 0 Å². The molecule has 2 aromatic carbocycles. The normalized spacial score (nSPS) is 11.0. The van der Waals surface area contributed by atoms with Crippen LogP contribution in [0.3, 0.4) is 0 Å². The number of fused-ring (bicyclic) bond motifs is 1. The van der Waals surface area contributed by atoms with Gasteiger partial charge in [-0.3, -0.25) is 0 Å². The van der Waals surface area contributed by atoms with Gasteiger partial charge in [-0.1, -0.05) is 36.4 Å². The largest absolute Gasteiger partial charge is 0.497 e. The van der Waals surface area contributed by atoms with Crippen LogP contribution >= 0.6 is 0 Å². The minimum absolute atomic E-state index is 0.387. The lowest BCUT2D eigenvalue weighted by molar-refractivity contribution is 0.414. The fourth-order valence-corrected chi connectivity index (χ4v) is 3.05. The summed E-state index contributed by atoms with van der Waals surface area (Å²) < 4.78 is 7.32. The molecule has 26 heavy (non-hydrogen) atoms. The molecule has 0 aliphatic heterocycles. The Balaban J connectivity index is 1.89. The summed E-state index contributed by atoms with van der Waals surface area (Å²) in [5, 5.41) is 0. The first-order chi connectivity index (χ1) is 12.7. The van der Waals surface area contributed by atoms with Crippen molar-refractivity contribution in [1.82, 2.24) is 19.5 Å². The Labute approximate surface area is 151 Å². The summed E-state index contributed by atoms with van der Waals surface area (Å²) in [6, 6.07) is 16.1. The Bertz CT molecular complexity index is 1070. The molecule has 0 aliphatic rings. The van der Waals surface area contributed by atoms with E-state index >= 15 is 0 Å². The molecule has 0 atom stereocenters. The second-order valence-electron chi connectivity index (χ2n) is 6.12. The van der Waals surface area contributed by atoms with Crippen molar-refractivity contribution in [2.24, 2.45) is 0 Å². The number of anilines is 1. The molecule has 0 spiro atoms. The van der Waals surface area contributed by atoms with Crippen molar-refractivity contribution in [2.45, 2.75) is 13.5 Å². The van der Waals surface area contributed by atoms with Crippen molar-refractivity contribution in [3.05, 3.63) is 66.0 Å². The zero-order chi connectivity index (χ0) is 18.1. The van der Waals surface area contributed by atoms with E-state index in [2.05, 4.69) is 33.6 Å². The third-order valence-corrected chi connectivity index (χ3v) is 4.45. The zero-order valence-corrected chi connectivity index (χ0v) is 14.7. The maximum absolute atomic E-state index is 6.04. The predicted molar refractivity (Wildman–Crippen MR) is 102 cm³/mol. The van der Waals surface area contributed by atoms with Gasteiger partial charge in [-0.15, -0.1) is 0 Å². The van der Waals surface area contributed by atoms with Crippen molar-refractivity contribution in [2.75, 3.05) is 12.8 Å². The number of rotatable bonds is 4. The van der Waals surface area contributed by atoms with E-state index in [0.717, 1.165) is 33.9 Å². The Kier molecular flexibility index (Phi) is 4.01. The van der Waals surface area contributed by atoms with Gasteiger partial charge in [0.25, 0.3) is 0 Å². The van der Waals surface area contributed by atoms with Crippen LogP contribution in [0.25, 0.3) is 22.6 Å². The Morgan fingerprint density at radius 2 is 1.81 bits per heavy atom. The van der Waals surface area contributed by atoms with Crippen molar-refractivity contribution in [3.8, 4) is 17.1 Å². The van der Waals surface area contributed by atoms with E-state index in [4.69, 9.17) is 15.5 Å². The molecular weight excluding hydrogens is 326 g/mol. The Morgan fingerprint density at radius 1 is 1.04 bits per heavy atom. The number of aryl methyl sites for hydroxylation is 1. The van der Waals surface area contributed by atoms with E-state index in [0.29, 0.717) is 17.9 Å². The molecule has 2 heterocycles. The lowest BCUT2D eigenvalue weighted by Gasteiger charge is -2.11. The number of aromatic nitrogens is 4. The number of ether oxygens (including phenoxy) is 1. The van der Waals surface area contributed by atoms with Crippen LogP contribution in [0, 0.1) is 6.92 Å².